The molecule has 1 aromatic heterocycles. The molecule has 2 rings (SSSR count). The second-order valence-corrected chi connectivity index (χ2v) is 4.90. The fourth-order valence-electron chi connectivity index (χ4n) is 1.47. The molecular formula is C11H11ClN2S. The fourth-order valence-corrected chi connectivity index (χ4v) is 2.62. The van der Waals surface area contributed by atoms with Crippen LogP contribution in [0, 0.1) is 0 Å². The molecule has 1 heterocycles. The molecule has 0 amide bonds. The average Bonchev–Trinajstić information content (AvgIpc) is 2.68. The molecule has 0 saturated heterocycles. The van der Waals surface area contributed by atoms with Crippen molar-refractivity contribution in [3.63, 3.8) is 0 Å². The third-order valence-electron chi connectivity index (χ3n) is 2.18. The summed E-state index contributed by atoms with van der Waals surface area (Å²) in [6, 6.07) is 13.9. The minimum atomic E-state index is 0.0173. The minimum absolute atomic E-state index is 0.0173. The average molecular weight is 239 g/mol. The number of hydrogen-bond acceptors (Lipinski definition) is 3. The standard InChI is InChI=1S/C11H11ClN2S/c12-10-7-6-9(15-10)11(14-13)8-4-2-1-3-5-8/h1-7,11,14H,13H2. The quantitative estimate of drug-likeness (QED) is 0.637. The summed E-state index contributed by atoms with van der Waals surface area (Å²) in [4.78, 5) is 1.12. The van der Waals surface area contributed by atoms with E-state index in [2.05, 4.69) is 5.43 Å². The Balaban J connectivity index is 2.33. The van der Waals surface area contributed by atoms with Crippen molar-refractivity contribution in [3.05, 3.63) is 57.2 Å². The number of hydrazine groups is 1. The van der Waals surface area contributed by atoms with Gasteiger partial charge in [-0.3, -0.25) is 5.84 Å². The molecular weight excluding hydrogens is 228 g/mol. The summed E-state index contributed by atoms with van der Waals surface area (Å²) in [6.45, 7) is 0. The van der Waals surface area contributed by atoms with Crippen LogP contribution in [0.15, 0.2) is 42.5 Å². The first-order valence-electron chi connectivity index (χ1n) is 4.57. The largest absolute Gasteiger partial charge is 0.271 e. The number of halogens is 1. The molecule has 4 heteroatoms. The Labute approximate surface area is 97.7 Å². The maximum absolute atomic E-state index is 5.90. The van der Waals surface area contributed by atoms with E-state index in [1.54, 1.807) is 0 Å². The maximum Gasteiger partial charge on any atom is 0.0931 e. The molecule has 78 valence electrons. The van der Waals surface area contributed by atoms with Gasteiger partial charge in [0.1, 0.15) is 0 Å². The Morgan fingerprint density at radius 2 is 1.87 bits per heavy atom. The number of hydrogen-bond donors (Lipinski definition) is 2. The van der Waals surface area contributed by atoms with Crippen LogP contribution in [0.1, 0.15) is 16.5 Å². The molecule has 0 bridgehead atoms. The van der Waals surface area contributed by atoms with E-state index >= 15 is 0 Å². The molecule has 0 aliphatic rings. The molecule has 15 heavy (non-hydrogen) atoms. The fraction of sp³-hybridized carbons (Fsp3) is 0.0909. The molecule has 0 spiro atoms. The normalized spacial score (nSPS) is 12.7. The van der Waals surface area contributed by atoms with E-state index in [0.29, 0.717) is 0 Å². The molecule has 1 atom stereocenters. The van der Waals surface area contributed by atoms with Crippen LogP contribution in [0.4, 0.5) is 0 Å². The van der Waals surface area contributed by atoms with Crippen LogP contribution in [0.3, 0.4) is 0 Å². The van der Waals surface area contributed by atoms with Crippen LogP contribution in [-0.2, 0) is 0 Å². The van der Waals surface area contributed by atoms with E-state index in [1.807, 2.05) is 42.5 Å². The second kappa shape index (κ2) is 4.77. The Hall–Kier alpha value is -0.870. The number of nitrogens with two attached hydrogens (primary N) is 1. The van der Waals surface area contributed by atoms with E-state index < -0.39 is 0 Å². The first-order valence-corrected chi connectivity index (χ1v) is 5.77. The zero-order valence-electron chi connectivity index (χ0n) is 7.98. The third kappa shape index (κ3) is 2.38. The topological polar surface area (TPSA) is 38.0 Å². The van der Waals surface area contributed by atoms with Gasteiger partial charge in [-0.15, -0.1) is 11.3 Å². The molecule has 2 aromatic rings. The Morgan fingerprint density at radius 1 is 1.13 bits per heavy atom. The third-order valence-corrected chi connectivity index (χ3v) is 3.47. The van der Waals surface area contributed by atoms with Crippen molar-refractivity contribution in [3.8, 4) is 0 Å². The summed E-state index contributed by atoms with van der Waals surface area (Å²) < 4.78 is 0.779. The van der Waals surface area contributed by atoms with Gasteiger partial charge < -0.3 is 0 Å². The maximum atomic E-state index is 5.90. The highest BCUT2D eigenvalue weighted by atomic mass is 35.5. The van der Waals surface area contributed by atoms with Crippen molar-refractivity contribution < 1.29 is 0 Å². The van der Waals surface area contributed by atoms with Gasteiger partial charge in [-0.05, 0) is 17.7 Å². The zero-order valence-corrected chi connectivity index (χ0v) is 9.55. The minimum Gasteiger partial charge on any atom is -0.271 e. The molecule has 0 fully saturated rings. The van der Waals surface area contributed by atoms with Crippen molar-refractivity contribution in [1.29, 1.82) is 0 Å². The van der Waals surface area contributed by atoms with Crippen molar-refractivity contribution >= 4 is 22.9 Å². The van der Waals surface area contributed by atoms with Gasteiger partial charge in [0.15, 0.2) is 0 Å². The molecule has 1 aromatic carbocycles. The Bertz CT molecular complexity index is 427. The monoisotopic (exact) mass is 238 g/mol. The number of thiophene rings is 1. The lowest BCUT2D eigenvalue weighted by Gasteiger charge is -2.14. The highest BCUT2D eigenvalue weighted by Gasteiger charge is 2.13. The lowest BCUT2D eigenvalue weighted by atomic mass is 10.1. The molecule has 3 N–H and O–H groups in total. The summed E-state index contributed by atoms with van der Waals surface area (Å²) >= 11 is 7.44. The predicted octanol–water partition coefficient (Wildman–Crippen LogP) is 2.95. The van der Waals surface area contributed by atoms with Crippen molar-refractivity contribution in [2.45, 2.75) is 6.04 Å². The van der Waals surface area contributed by atoms with Crippen molar-refractivity contribution in [1.82, 2.24) is 5.43 Å². The summed E-state index contributed by atoms with van der Waals surface area (Å²) in [5.41, 5.74) is 3.94. The summed E-state index contributed by atoms with van der Waals surface area (Å²) in [5.74, 6) is 5.56. The highest BCUT2D eigenvalue weighted by molar-refractivity contribution is 7.16. The van der Waals surface area contributed by atoms with Gasteiger partial charge in [-0.2, -0.15) is 0 Å². The van der Waals surface area contributed by atoms with E-state index in [1.165, 1.54) is 11.3 Å². The van der Waals surface area contributed by atoms with Gasteiger partial charge >= 0.3 is 0 Å². The van der Waals surface area contributed by atoms with Crippen molar-refractivity contribution in [2.75, 3.05) is 0 Å². The number of benzene rings is 1. The summed E-state index contributed by atoms with van der Waals surface area (Å²) in [5, 5.41) is 0. The smallest absolute Gasteiger partial charge is 0.0931 e. The van der Waals surface area contributed by atoms with Crippen molar-refractivity contribution in [2.24, 2.45) is 5.84 Å². The van der Waals surface area contributed by atoms with Gasteiger partial charge in [0.25, 0.3) is 0 Å². The molecule has 0 aliphatic heterocycles. The first-order chi connectivity index (χ1) is 7.31. The molecule has 2 nitrogen and oxygen atoms in total. The predicted molar refractivity (Wildman–Crippen MR) is 64.9 cm³/mol. The van der Waals surface area contributed by atoms with Gasteiger partial charge in [0.05, 0.1) is 10.4 Å². The lowest BCUT2D eigenvalue weighted by molar-refractivity contribution is 0.646. The SMILES string of the molecule is NNC(c1ccccc1)c1ccc(Cl)s1. The van der Waals surface area contributed by atoms with E-state index in [0.717, 1.165) is 14.8 Å². The second-order valence-electron chi connectivity index (χ2n) is 3.15. The molecule has 1 unspecified atom stereocenters. The number of rotatable bonds is 3. The first kappa shape index (κ1) is 10.6. The van der Waals surface area contributed by atoms with Crippen LogP contribution in [0.5, 0.6) is 0 Å². The van der Waals surface area contributed by atoms with Gasteiger partial charge in [-0.25, -0.2) is 5.43 Å². The molecule has 0 saturated carbocycles. The van der Waals surface area contributed by atoms with Crippen LogP contribution >= 0.6 is 22.9 Å². The van der Waals surface area contributed by atoms with Crippen LogP contribution < -0.4 is 11.3 Å². The van der Waals surface area contributed by atoms with Gasteiger partial charge in [0, 0.05) is 4.88 Å². The van der Waals surface area contributed by atoms with E-state index in [9.17, 15) is 0 Å². The van der Waals surface area contributed by atoms with Gasteiger partial charge in [-0.1, -0.05) is 41.9 Å². The molecule has 0 radical (unpaired) electrons. The summed E-state index contributed by atoms with van der Waals surface area (Å²) in [6.07, 6.45) is 0. The number of nitrogens with one attached hydrogen (secondary N) is 1. The van der Waals surface area contributed by atoms with E-state index in [-0.39, 0.29) is 6.04 Å². The van der Waals surface area contributed by atoms with Gasteiger partial charge in [0.2, 0.25) is 0 Å². The van der Waals surface area contributed by atoms with Crippen LogP contribution in [-0.4, -0.2) is 0 Å². The Kier molecular flexibility index (Phi) is 3.38. The lowest BCUT2D eigenvalue weighted by Crippen LogP contribution is -2.28. The van der Waals surface area contributed by atoms with E-state index in [4.69, 9.17) is 17.4 Å². The van der Waals surface area contributed by atoms with Crippen LogP contribution in [0.25, 0.3) is 0 Å². The highest BCUT2D eigenvalue weighted by Crippen LogP contribution is 2.30. The molecule has 0 aliphatic carbocycles. The zero-order chi connectivity index (χ0) is 10.7. The van der Waals surface area contributed by atoms with Crippen LogP contribution in [0.2, 0.25) is 4.34 Å². The Morgan fingerprint density at radius 3 is 2.40 bits per heavy atom. The summed E-state index contributed by atoms with van der Waals surface area (Å²) in [7, 11) is 0.